The Morgan fingerprint density at radius 1 is 0.844 bits per heavy atom. The van der Waals surface area contributed by atoms with Gasteiger partial charge >= 0.3 is 12.1 Å². The van der Waals surface area contributed by atoms with Crippen LogP contribution in [0.5, 0.6) is 0 Å². The van der Waals surface area contributed by atoms with Crippen LogP contribution in [0.2, 0.25) is 0 Å². The molecular formula is C25H32N2O5. The third-order valence-corrected chi connectivity index (χ3v) is 4.45. The van der Waals surface area contributed by atoms with E-state index in [0.717, 1.165) is 11.1 Å². The number of benzene rings is 2. The van der Waals surface area contributed by atoms with E-state index in [1.165, 1.54) is 6.92 Å². The fraction of sp³-hybridized carbons (Fsp3) is 0.400. The first-order valence-electron chi connectivity index (χ1n) is 10.6. The predicted molar refractivity (Wildman–Crippen MR) is 122 cm³/mol. The van der Waals surface area contributed by atoms with Gasteiger partial charge in [-0.15, -0.1) is 0 Å². The summed E-state index contributed by atoms with van der Waals surface area (Å²) in [6.07, 6.45) is 0.0928. The van der Waals surface area contributed by atoms with Crippen LogP contribution in [0.25, 0.3) is 0 Å². The zero-order valence-corrected chi connectivity index (χ0v) is 19.1. The number of rotatable bonds is 9. The Morgan fingerprint density at radius 3 is 1.88 bits per heavy atom. The Bertz CT molecular complexity index is 878. The molecule has 2 aromatic carbocycles. The molecule has 0 aliphatic carbocycles. The minimum absolute atomic E-state index is 0.0282. The Morgan fingerprint density at radius 2 is 1.38 bits per heavy atom. The first-order valence-corrected chi connectivity index (χ1v) is 10.6. The standard InChI is InChI=1S/C25H32N2O5/c1-18(28)31-17-21(15-19-11-7-5-8-12-19)26-23(29)22(16-20-13-9-6-10-14-20)27-24(30)32-25(2,3)4/h5-14,21-22H,15-17H2,1-4H3,(H,26,29)(H,27,30)/t21-,22-/m0/s1. The zero-order chi connectivity index (χ0) is 23.6. The van der Waals surface area contributed by atoms with Crippen LogP contribution in [0.15, 0.2) is 60.7 Å². The Labute approximate surface area is 189 Å². The largest absolute Gasteiger partial charge is 0.464 e. The second-order valence-electron chi connectivity index (χ2n) is 8.59. The van der Waals surface area contributed by atoms with Crippen molar-refractivity contribution in [3.63, 3.8) is 0 Å². The average Bonchev–Trinajstić information content (AvgIpc) is 2.71. The van der Waals surface area contributed by atoms with Gasteiger partial charge < -0.3 is 20.1 Å². The highest BCUT2D eigenvalue weighted by Gasteiger charge is 2.27. The van der Waals surface area contributed by atoms with E-state index in [1.54, 1.807) is 20.8 Å². The molecule has 32 heavy (non-hydrogen) atoms. The van der Waals surface area contributed by atoms with E-state index >= 15 is 0 Å². The summed E-state index contributed by atoms with van der Waals surface area (Å²) in [4.78, 5) is 36.9. The molecule has 7 heteroatoms. The number of amides is 2. The lowest BCUT2D eigenvalue weighted by atomic mass is 10.0. The lowest BCUT2D eigenvalue weighted by molar-refractivity contribution is -0.142. The second-order valence-corrected chi connectivity index (χ2v) is 8.59. The number of hydrogen-bond donors (Lipinski definition) is 2. The molecule has 2 rings (SSSR count). The number of carbonyl (C=O) groups excluding carboxylic acids is 3. The molecule has 0 bridgehead atoms. The summed E-state index contributed by atoms with van der Waals surface area (Å²) in [6.45, 7) is 6.62. The van der Waals surface area contributed by atoms with E-state index in [-0.39, 0.29) is 18.9 Å². The van der Waals surface area contributed by atoms with Crippen molar-refractivity contribution in [1.82, 2.24) is 10.6 Å². The van der Waals surface area contributed by atoms with Crippen molar-refractivity contribution in [2.75, 3.05) is 6.61 Å². The molecule has 2 N–H and O–H groups in total. The van der Waals surface area contributed by atoms with Gasteiger partial charge in [0.05, 0.1) is 6.04 Å². The number of alkyl carbamates (subject to hydrolysis) is 1. The van der Waals surface area contributed by atoms with Gasteiger partial charge in [-0.3, -0.25) is 9.59 Å². The summed E-state index contributed by atoms with van der Waals surface area (Å²) < 4.78 is 10.5. The maximum atomic E-state index is 13.2. The topological polar surface area (TPSA) is 93.7 Å². The molecular weight excluding hydrogens is 408 g/mol. The third kappa shape index (κ3) is 9.64. The molecule has 0 fully saturated rings. The second kappa shape index (κ2) is 11.9. The van der Waals surface area contributed by atoms with Crippen LogP contribution >= 0.6 is 0 Å². The predicted octanol–water partition coefficient (Wildman–Crippen LogP) is 3.41. The summed E-state index contributed by atoms with van der Waals surface area (Å²) in [7, 11) is 0. The average molecular weight is 441 g/mol. The van der Waals surface area contributed by atoms with Crippen LogP contribution in [0.4, 0.5) is 4.79 Å². The fourth-order valence-electron chi connectivity index (χ4n) is 3.08. The summed E-state index contributed by atoms with van der Waals surface area (Å²) in [5.41, 5.74) is 1.19. The summed E-state index contributed by atoms with van der Waals surface area (Å²) in [5, 5.41) is 5.60. The van der Waals surface area contributed by atoms with E-state index in [2.05, 4.69) is 10.6 Å². The molecule has 172 valence electrons. The minimum atomic E-state index is -0.858. The van der Waals surface area contributed by atoms with Crippen LogP contribution < -0.4 is 10.6 Å². The van der Waals surface area contributed by atoms with E-state index in [1.807, 2.05) is 60.7 Å². The molecule has 0 saturated heterocycles. The van der Waals surface area contributed by atoms with Gasteiger partial charge in [-0.1, -0.05) is 60.7 Å². The quantitative estimate of drug-likeness (QED) is 0.583. The molecule has 0 saturated carbocycles. The highest BCUT2D eigenvalue weighted by atomic mass is 16.6. The van der Waals surface area contributed by atoms with Gasteiger partial charge in [0.1, 0.15) is 18.2 Å². The van der Waals surface area contributed by atoms with Crippen LogP contribution in [0, 0.1) is 0 Å². The highest BCUT2D eigenvalue weighted by Crippen LogP contribution is 2.10. The maximum absolute atomic E-state index is 13.2. The van der Waals surface area contributed by atoms with Crippen molar-refractivity contribution >= 4 is 18.0 Å². The van der Waals surface area contributed by atoms with Gasteiger partial charge in [-0.05, 0) is 38.3 Å². The highest BCUT2D eigenvalue weighted by molar-refractivity contribution is 5.86. The van der Waals surface area contributed by atoms with E-state index < -0.39 is 29.7 Å². The van der Waals surface area contributed by atoms with Crippen LogP contribution in [-0.4, -0.2) is 42.3 Å². The first kappa shape index (κ1) is 24.9. The summed E-state index contributed by atoms with van der Waals surface area (Å²) >= 11 is 0. The van der Waals surface area contributed by atoms with Gasteiger partial charge in [0.25, 0.3) is 0 Å². The van der Waals surface area contributed by atoms with Gasteiger partial charge in [0.15, 0.2) is 0 Å². The van der Waals surface area contributed by atoms with Crippen molar-refractivity contribution < 1.29 is 23.9 Å². The normalized spacial score (nSPS) is 12.9. The molecule has 7 nitrogen and oxygen atoms in total. The van der Waals surface area contributed by atoms with E-state index in [9.17, 15) is 14.4 Å². The zero-order valence-electron chi connectivity index (χ0n) is 19.1. The van der Waals surface area contributed by atoms with Crippen LogP contribution in [0.1, 0.15) is 38.8 Å². The van der Waals surface area contributed by atoms with Gasteiger partial charge in [-0.25, -0.2) is 4.79 Å². The van der Waals surface area contributed by atoms with Crippen molar-refractivity contribution in [2.24, 2.45) is 0 Å². The summed E-state index contributed by atoms with van der Waals surface area (Å²) in [5.74, 6) is -0.808. The molecule has 2 aromatic rings. The lowest BCUT2D eigenvalue weighted by Crippen LogP contribution is -2.53. The van der Waals surface area contributed by atoms with Crippen LogP contribution in [0.3, 0.4) is 0 Å². The molecule has 0 aliphatic rings. The Kier molecular flexibility index (Phi) is 9.25. The lowest BCUT2D eigenvalue weighted by Gasteiger charge is -2.25. The molecule has 2 amide bonds. The smallest absolute Gasteiger partial charge is 0.408 e. The van der Waals surface area contributed by atoms with Crippen LogP contribution in [-0.2, 0) is 31.9 Å². The molecule has 0 unspecified atom stereocenters. The van der Waals surface area contributed by atoms with E-state index in [0.29, 0.717) is 6.42 Å². The SMILES string of the molecule is CC(=O)OC[C@H](Cc1ccccc1)NC(=O)[C@H](Cc1ccccc1)NC(=O)OC(C)(C)C. The molecule has 0 spiro atoms. The van der Waals surface area contributed by atoms with Gasteiger partial charge in [-0.2, -0.15) is 0 Å². The minimum Gasteiger partial charge on any atom is -0.464 e. The summed E-state index contributed by atoms with van der Waals surface area (Å²) in [6, 6.07) is 17.7. The molecule has 0 heterocycles. The Hall–Kier alpha value is -3.35. The Balaban J connectivity index is 2.15. The van der Waals surface area contributed by atoms with E-state index in [4.69, 9.17) is 9.47 Å². The number of hydrogen-bond acceptors (Lipinski definition) is 5. The molecule has 0 aliphatic heterocycles. The number of esters is 1. The molecule has 2 atom stereocenters. The maximum Gasteiger partial charge on any atom is 0.408 e. The number of carbonyl (C=O) groups is 3. The number of nitrogens with one attached hydrogen (secondary N) is 2. The van der Waals surface area contributed by atoms with Crippen molar-refractivity contribution in [1.29, 1.82) is 0 Å². The molecule has 0 radical (unpaired) electrons. The fourth-order valence-corrected chi connectivity index (χ4v) is 3.08. The molecule has 0 aromatic heterocycles. The number of ether oxygens (including phenoxy) is 2. The monoisotopic (exact) mass is 440 g/mol. The van der Waals surface area contributed by atoms with Gasteiger partial charge in [0.2, 0.25) is 5.91 Å². The third-order valence-electron chi connectivity index (χ3n) is 4.45. The van der Waals surface area contributed by atoms with Crippen molar-refractivity contribution in [2.45, 2.75) is 58.2 Å². The first-order chi connectivity index (χ1) is 15.1. The van der Waals surface area contributed by atoms with Crippen molar-refractivity contribution in [3.05, 3.63) is 71.8 Å². The van der Waals surface area contributed by atoms with Gasteiger partial charge in [0, 0.05) is 13.3 Å². The van der Waals surface area contributed by atoms with Crippen molar-refractivity contribution in [3.8, 4) is 0 Å².